The maximum atomic E-state index is 5.65. The first-order valence-electron chi connectivity index (χ1n) is 43.3. The number of thioether (sulfide) groups is 2. The van der Waals surface area contributed by atoms with Crippen LogP contribution in [0.15, 0.2) is 158 Å². The number of hydrogen-bond donors (Lipinski definition) is 0. The van der Waals surface area contributed by atoms with Crippen molar-refractivity contribution in [2.24, 2.45) is 0 Å². The van der Waals surface area contributed by atoms with Crippen LogP contribution in [0.1, 0.15) is 267 Å². The summed E-state index contributed by atoms with van der Waals surface area (Å²) < 4.78 is 16.8. The Hall–Kier alpha value is -11.6. The van der Waals surface area contributed by atoms with Gasteiger partial charge < -0.3 is 31.5 Å². The number of aromatic amines is 1. The Kier molecular flexibility index (Phi) is 42.8. The molecular weight excluding hydrogens is 1860 g/mol. The van der Waals surface area contributed by atoms with Gasteiger partial charge in [-0.15, -0.1) is 91.1 Å². The molecule has 2 aliphatic rings. The molecule has 14 aromatic heterocycles. The van der Waals surface area contributed by atoms with E-state index >= 15 is 0 Å². The number of thiazole rings is 7. The normalized spacial score (nSPS) is 11.9. The van der Waals surface area contributed by atoms with Crippen molar-refractivity contribution in [3.63, 3.8) is 0 Å². The molecule has 134 heavy (non-hydrogen) atoms. The summed E-state index contributed by atoms with van der Waals surface area (Å²) in [6.07, 6.45) is 28.4. The lowest BCUT2D eigenvalue weighted by molar-refractivity contribution is -0.393. The molecule has 16 rings (SSSR count). The lowest BCUT2D eigenvalue weighted by atomic mass is 9.86. The van der Waals surface area contributed by atoms with E-state index in [-0.39, 0.29) is 39.7 Å². The molecule has 14 aromatic rings. The van der Waals surface area contributed by atoms with Crippen LogP contribution in [0, 0.1) is 131 Å². The summed E-state index contributed by atoms with van der Waals surface area (Å²) in [6, 6.07) is 16.2. The lowest BCUT2D eigenvalue weighted by Crippen LogP contribution is -3.00. The minimum atomic E-state index is -0.238. The molecule has 1 aliphatic carbocycles. The van der Waals surface area contributed by atoms with Crippen LogP contribution in [-0.2, 0) is 0 Å². The number of ether oxygens (including phenoxy) is 3. The fourth-order valence-corrected chi connectivity index (χ4v) is 16.9. The van der Waals surface area contributed by atoms with Gasteiger partial charge in [0.25, 0.3) is 0 Å². The first-order valence-corrected chi connectivity index (χ1v) is 51.1. The van der Waals surface area contributed by atoms with E-state index in [1.54, 1.807) is 152 Å². The summed E-state index contributed by atoms with van der Waals surface area (Å²) in [5, 5.41) is 22.8. The van der Waals surface area contributed by atoms with E-state index in [1.165, 1.54) is 57.1 Å². The van der Waals surface area contributed by atoms with Gasteiger partial charge in [0, 0.05) is 157 Å². The molecule has 1 N–H and O–H groups in total. The van der Waals surface area contributed by atoms with Crippen LogP contribution in [0.3, 0.4) is 0 Å². The predicted molar refractivity (Wildman–Crippen MR) is 547 cm³/mol. The topological polar surface area (TPSA) is 251 Å². The molecule has 0 bridgehead atoms. The van der Waals surface area contributed by atoms with Crippen molar-refractivity contribution in [1.29, 1.82) is 0 Å². The number of nitrogens with zero attached hydrogens (tertiary/aromatic N) is 17. The van der Waals surface area contributed by atoms with Crippen molar-refractivity contribution < 1.29 is 31.6 Å². The molecule has 1 saturated carbocycles. The van der Waals surface area contributed by atoms with Crippen LogP contribution < -0.4 is 36.5 Å². The Morgan fingerprint density at radius 2 is 0.679 bits per heavy atom. The summed E-state index contributed by atoms with van der Waals surface area (Å²) in [7, 11) is 0. The van der Waals surface area contributed by atoms with Crippen LogP contribution in [0.2, 0.25) is 0 Å². The van der Waals surface area contributed by atoms with E-state index in [1.807, 2.05) is 183 Å². The predicted octanol–water partition coefficient (Wildman–Crippen LogP) is 19.9. The zero-order chi connectivity index (χ0) is 95.1. The van der Waals surface area contributed by atoms with Gasteiger partial charge >= 0.3 is 6.01 Å². The second-order valence-electron chi connectivity index (χ2n) is 33.3. The highest BCUT2D eigenvalue weighted by molar-refractivity contribution is 8.00. The molecule has 2 fully saturated rings. The van der Waals surface area contributed by atoms with Gasteiger partial charge in [-0.2, -0.15) is 0 Å². The van der Waals surface area contributed by atoms with Crippen molar-refractivity contribution in [2.75, 3.05) is 18.0 Å². The average molecular weight is 1970 g/mol. The molecule has 0 unspecified atom stereocenters. The molecule has 1 saturated heterocycles. The zero-order valence-electron chi connectivity index (χ0n) is 79.1. The number of H-pyrrole nitrogens is 1. The van der Waals surface area contributed by atoms with Gasteiger partial charge in [0.05, 0.1) is 74.5 Å². The monoisotopic (exact) mass is 1970 g/mol. The Morgan fingerprint density at radius 3 is 1.00 bits per heavy atom. The second kappa shape index (κ2) is 54.0. The molecule has 21 nitrogen and oxygen atoms in total. The summed E-state index contributed by atoms with van der Waals surface area (Å²) in [5.74, 6) is 45.4. The summed E-state index contributed by atoms with van der Waals surface area (Å²) >= 11 is 14.7. The van der Waals surface area contributed by atoms with Gasteiger partial charge in [-0.1, -0.05) is 114 Å². The standard InChI is InChI=1S/C17H18N2S.C15H16N4S.C15H16N2OS.C15H16N2S2.C14H15N3S2.C14H14N2OS.C13H13N3OS.ClH/c1-13-19-16(12-20-13)9-7-14-8-10-17(18-11-14)15-5-3-2-4-6-15;1-12-18-14(11-20-12)6-5-13-9-16-15(17-10-13)19-7-3-2-4-8-19;1-11-17-13(10-19-11)7-5-12-6-8-14(16-9-12)18-15(2,3)4;1-11-17-13(10-18-11)7-5-12-6-8-14(16-9-12)19-15(2,3)4;1-10-17-12(9-18-10)6-5-11-7-15-13(16-8-11)19-14(2,3)4;1-10(2)17-14-7-5-12(8-15-14)4-6-13-9-18-11(3)16-13;1-9(2)17-13-14-6-11(7-15-13)4-5-12-8-18-10(3)16-12;/h8,10-12,15H,2-6H2,1H3;9-11H,2-4,7-8H2,1H3;2*6,8-10H,1-4H3;7-9H,1-4H3;5,7-10H,1-3H3;6-9H,1-3H3;1H. The van der Waals surface area contributed by atoms with Gasteiger partial charge in [0.1, 0.15) is 45.5 Å². The number of anilines is 1. The Balaban J connectivity index is 0.000000175. The van der Waals surface area contributed by atoms with E-state index in [2.05, 4.69) is 226 Å². The third-order valence-electron chi connectivity index (χ3n) is 17.2. The molecule has 0 spiro atoms. The fourth-order valence-electron chi connectivity index (χ4n) is 11.5. The molecular formula is C103H109ClN18O3S9. The molecule has 0 atom stereocenters. The molecule has 1 aliphatic heterocycles. The highest BCUT2D eigenvalue weighted by Gasteiger charge is 2.22. The highest BCUT2D eigenvalue weighted by atomic mass is 35.5. The Labute approximate surface area is 832 Å². The number of rotatable bonds is 9. The van der Waals surface area contributed by atoms with Crippen LogP contribution >= 0.6 is 103 Å². The third-order valence-corrected chi connectivity index (χ3v) is 24.7. The lowest BCUT2D eigenvalue weighted by Gasteiger charge is -2.26. The number of aryl methyl sites for hydroxylation is 7. The van der Waals surface area contributed by atoms with Crippen LogP contribution in [-0.4, -0.2) is 120 Å². The van der Waals surface area contributed by atoms with Crippen molar-refractivity contribution >= 4 is 109 Å². The van der Waals surface area contributed by atoms with E-state index in [0.717, 1.165) is 143 Å². The Bertz CT molecular complexity index is 5980. The smallest absolute Gasteiger partial charge is 0.316 e. The summed E-state index contributed by atoms with van der Waals surface area (Å²) in [6.45, 7) is 42.7. The largest absolute Gasteiger partial charge is 1.00 e. The number of halogens is 1. The maximum Gasteiger partial charge on any atom is 0.316 e. The SMILES string of the molecule is Cc1nc(C#Cc2ccc(C3CCCCC3)[nH+]c2)cs1.Cc1nc(C#Cc2ccc(OC(C)(C)C)nc2)cs1.Cc1nc(C#Cc2ccc(OC(C)C)nc2)cs1.Cc1nc(C#Cc2ccc(SC(C)(C)C)nc2)cs1.Cc1nc(C#Cc2cnc(N3CCCCC3)nc2)cs1.Cc1nc(C#Cc2cnc(OC(C)C)nc2)cs1.Cc1nc(C#Cc2cnc(SC(C)(C)C)nc2)cs1.[Cl-]. The van der Waals surface area contributed by atoms with Gasteiger partial charge in [-0.3, -0.25) is 0 Å². The number of hydrogen-bond acceptors (Lipinski definition) is 29. The van der Waals surface area contributed by atoms with E-state index < -0.39 is 0 Å². The molecule has 31 heteroatoms. The van der Waals surface area contributed by atoms with Gasteiger partial charge in [0.2, 0.25) is 17.7 Å². The van der Waals surface area contributed by atoms with Crippen molar-refractivity contribution in [2.45, 2.75) is 233 Å². The van der Waals surface area contributed by atoms with E-state index in [9.17, 15) is 0 Å². The molecule has 0 radical (unpaired) electrons. The third kappa shape index (κ3) is 41.5. The Morgan fingerprint density at radius 1 is 0.351 bits per heavy atom. The number of nitrogens with one attached hydrogen (secondary N) is 1. The molecule has 0 amide bonds. The summed E-state index contributed by atoms with van der Waals surface area (Å²) in [4.78, 5) is 74.2. The van der Waals surface area contributed by atoms with Crippen molar-refractivity contribution in [1.82, 2.24) is 79.7 Å². The highest BCUT2D eigenvalue weighted by Crippen LogP contribution is 2.33. The second-order valence-corrected chi connectivity index (χ2v) is 44.4. The van der Waals surface area contributed by atoms with Crippen LogP contribution in [0.25, 0.3) is 0 Å². The first kappa shape index (κ1) is 106. The number of piperidine rings is 1. The number of aromatic nitrogens is 17. The summed E-state index contributed by atoms with van der Waals surface area (Å²) in [5.41, 5.74) is 12.9. The van der Waals surface area contributed by atoms with E-state index in [0.29, 0.717) is 23.7 Å². The molecule has 0 aromatic carbocycles. The molecule has 690 valence electrons. The fraction of sp³-hybridized carbons (Fsp3) is 0.350. The minimum Gasteiger partial charge on any atom is -1.00 e. The van der Waals surface area contributed by atoms with Gasteiger partial charge in [-0.05, 0) is 201 Å². The van der Waals surface area contributed by atoms with Crippen LogP contribution in [0.4, 0.5) is 5.95 Å². The van der Waals surface area contributed by atoms with Gasteiger partial charge in [-0.25, -0.2) is 84.7 Å². The molecule has 15 heterocycles. The zero-order valence-corrected chi connectivity index (χ0v) is 87.2. The van der Waals surface area contributed by atoms with Crippen molar-refractivity contribution in [3.05, 3.63) is 268 Å². The maximum absolute atomic E-state index is 5.65. The van der Waals surface area contributed by atoms with E-state index in [4.69, 9.17) is 14.2 Å². The van der Waals surface area contributed by atoms with Crippen molar-refractivity contribution in [3.8, 4) is 101 Å². The quantitative estimate of drug-likeness (QED) is 0.0739. The van der Waals surface area contributed by atoms with Gasteiger partial charge in [0.15, 0.2) is 17.0 Å². The average Bonchev–Trinajstić information content (AvgIpc) is 1.34. The first-order chi connectivity index (χ1) is 63.6. The van der Waals surface area contributed by atoms with Crippen LogP contribution in [0.5, 0.6) is 17.8 Å². The minimum absolute atomic E-state index is 0. The number of pyridine rings is 4.